The highest BCUT2D eigenvalue weighted by Gasteiger charge is 2.28. The molecule has 0 radical (unpaired) electrons. The molecule has 2 aliphatic heterocycles. The Labute approximate surface area is 160 Å². The van der Waals surface area contributed by atoms with Gasteiger partial charge in [0.05, 0.1) is 5.52 Å². The Bertz CT molecular complexity index is 891. The van der Waals surface area contributed by atoms with Gasteiger partial charge in [0.1, 0.15) is 0 Å². The number of aromatic nitrogens is 1. The summed E-state index contributed by atoms with van der Waals surface area (Å²) in [6.45, 7) is 5.84. The number of benzene rings is 1. The van der Waals surface area contributed by atoms with Gasteiger partial charge < -0.3 is 14.4 Å². The Morgan fingerprint density at radius 2 is 1.63 bits per heavy atom. The van der Waals surface area contributed by atoms with E-state index in [0.29, 0.717) is 11.6 Å². The van der Waals surface area contributed by atoms with Gasteiger partial charge in [0.2, 0.25) is 0 Å². The van der Waals surface area contributed by atoms with Crippen LogP contribution in [-0.4, -0.2) is 77.5 Å². The van der Waals surface area contributed by atoms with Gasteiger partial charge in [0, 0.05) is 50.9 Å². The van der Waals surface area contributed by atoms with Crippen LogP contribution < -0.4 is 5.56 Å². The van der Waals surface area contributed by atoms with Crippen molar-refractivity contribution < 1.29 is 4.79 Å². The molecule has 2 fully saturated rings. The summed E-state index contributed by atoms with van der Waals surface area (Å²) >= 11 is 0. The summed E-state index contributed by atoms with van der Waals surface area (Å²) < 4.78 is 1.62. The number of aryl methyl sites for hydroxylation is 1. The number of carbonyl (C=O) groups excluding carboxylic acids is 1. The highest BCUT2D eigenvalue weighted by atomic mass is 16.2. The van der Waals surface area contributed by atoms with Crippen molar-refractivity contribution in [2.45, 2.75) is 18.9 Å². The molecule has 1 aromatic carbocycles. The molecule has 0 atom stereocenters. The number of piperidine rings is 1. The lowest BCUT2D eigenvalue weighted by Crippen LogP contribution is -2.54. The second-order valence-corrected chi connectivity index (χ2v) is 7.87. The van der Waals surface area contributed by atoms with Crippen molar-refractivity contribution >= 4 is 16.8 Å². The molecule has 2 aliphatic rings. The molecule has 0 bridgehead atoms. The fraction of sp³-hybridized carbons (Fsp3) is 0.524. The molecule has 27 heavy (non-hydrogen) atoms. The van der Waals surface area contributed by atoms with Crippen LogP contribution in [0.25, 0.3) is 10.9 Å². The molecule has 6 heteroatoms. The van der Waals surface area contributed by atoms with Gasteiger partial charge in [-0.3, -0.25) is 14.5 Å². The number of rotatable bonds is 2. The minimum atomic E-state index is -0.0356. The predicted octanol–water partition coefficient (Wildman–Crippen LogP) is 1.39. The number of amides is 1. The fourth-order valence-corrected chi connectivity index (χ4v) is 4.35. The van der Waals surface area contributed by atoms with Crippen LogP contribution in [0.3, 0.4) is 0 Å². The fourth-order valence-electron chi connectivity index (χ4n) is 4.35. The van der Waals surface area contributed by atoms with Crippen LogP contribution in [0.5, 0.6) is 0 Å². The van der Waals surface area contributed by atoms with E-state index in [1.54, 1.807) is 23.7 Å². The van der Waals surface area contributed by atoms with E-state index in [2.05, 4.69) is 16.8 Å². The Morgan fingerprint density at radius 3 is 2.33 bits per heavy atom. The van der Waals surface area contributed by atoms with Gasteiger partial charge in [-0.15, -0.1) is 0 Å². The van der Waals surface area contributed by atoms with Gasteiger partial charge in [-0.2, -0.15) is 0 Å². The summed E-state index contributed by atoms with van der Waals surface area (Å²) in [6.07, 6.45) is 2.46. The zero-order valence-corrected chi connectivity index (χ0v) is 16.2. The van der Waals surface area contributed by atoms with E-state index in [1.807, 2.05) is 23.1 Å². The molecule has 0 spiro atoms. The first-order chi connectivity index (χ1) is 13.0. The van der Waals surface area contributed by atoms with Crippen LogP contribution in [0.1, 0.15) is 23.2 Å². The van der Waals surface area contributed by atoms with Crippen molar-refractivity contribution in [3.8, 4) is 0 Å². The third-order valence-corrected chi connectivity index (χ3v) is 6.18. The Kier molecular flexibility index (Phi) is 5.02. The highest BCUT2D eigenvalue weighted by molar-refractivity contribution is 5.98. The van der Waals surface area contributed by atoms with Crippen LogP contribution in [0.15, 0.2) is 35.1 Å². The maximum absolute atomic E-state index is 13.0. The third-order valence-electron chi connectivity index (χ3n) is 6.18. The zero-order chi connectivity index (χ0) is 19.0. The smallest absolute Gasteiger partial charge is 0.253 e. The number of carbonyl (C=O) groups is 1. The zero-order valence-electron chi connectivity index (χ0n) is 16.2. The van der Waals surface area contributed by atoms with E-state index in [4.69, 9.17) is 0 Å². The van der Waals surface area contributed by atoms with Crippen molar-refractivity contribution in [1.29, 1.82) is 0 Å². The molecule has 1 aromatic heterocycles. The number of nitrogens with zero attached hydrogens (tertiary/aromatic N) is 4. The van der Waals surface area contributed by atoms with Crippen molar-refractivity contribution in [1.82, 2.24) is 19.3 Å². The molecule has 0 unspecified atom stereocenters. The van der Waals surface area contributed by atoms with E-state index >= 15 is 0 Å². The average Bonchev–Trinajstić information content (AvgIpc) is 2.71. The minimum absolute atomic E-state index is 0.0356. The predicted molar refractivity (Wildman–Crippen MR) is 107 cm³/mol. The third kappa shape index (κ3) is 3.64. The quantitative estimate of drug-likeness (QED) is 0.804. The summed E-state index contributed by atoms with van der Waals surface area (Å²) in [7, 11) is 3.95. The molecule has 1 amide bonds. The van der Waals surface area contributed by atoms with Crippen LogP contribution in [0.2, 0.25) is 0 Å². The number of hydrogen-bond acceptors (Lipinski definition) is 4. The van der Waals surface area contributed by atoms with Crippen molar-refractivity contribution in [2.75, 3.05) is 46.3 Å². The minimum Gasteiger partial charge on any atom is -0.336 e. The molecule has 6 nitrogen and oxygen atoms in total. The summed E-state index contributed by atoms with van der Waals surface area (Å²) in [5, 5.41) is 0.924. The maximum atomic E-state index is 13.0. The summed E-state index contributed by atoms with van der Waals surface area (Å²) in [6, 6.07) is 9.64. The number of piperazine rings is 1. The molecule has 3 heterocycles. The Hall–Kier alpha value is -2.18. The van der Waals surface area contributed by atoms with Crippen LogP contribution in [0.4, 0.5) is 0 Å². The largest absolute Gasteiger partial charge is 0.336 e. The monoisotopic (exact) mass is 368 g/mol. The number of fused-ring (bicyclic) bond motifs is 1. The molecule has 0 N–H and O–H groups in total. The van der Waals surface area contributed by atoms with Crippen molar-refractivity contribution in [3.05, 3.63) is 46.2 Å². The average molecular weight is 368 g/mol. The molecular weight excluding hydrogens is 340 g/mol. The Morgan fingerprint density at radius 1 is 0.926 bits per heavy atom. The van der Waals surface area contributed by atoms with Crippen molar-refractivity contribution in [3.63, 3.8) is 0 Å². The lowest BCUT2D eigenvalue weighted by atomic mass is 10.0. The summed E-state index contributed by atoms with van der Waals surface area (Å²) in [4.78, 5) is 31.6. The molecule has 2 saturated heterocycles. The van der Waals surface area contributed by atoms with Gasteiger partial charge in [0.15, 0.2) is 0 Å². The van der Waals surface area contributed by atoms with Gasteiger partial charge in [-0.1, -0.05) is 0 Å². The van der Waals surface area contributed by atoms with E-state index in [1.165, 1.54) is 25.9 Å². The summed E-state index contributed by atoms with van der Waals surface area (Å²) in [5.41, 5.74) is 1.52. The first-order valence-corrected chi connectivity index (χ1v) is 9.84. The molecule has 0 aliphatic carbocycles. The second kappa shape index (κ2) is 7.44. The highest BCUT2D eigenvalue weighted by Crippen LogP contribution is 2.20. The molecule has 2 aromatic rings. The van der Waals surface area contributed by atoms with Crippen LogP contribution >= 0.6 is 0 Å². The molecule has 144 valence electrons. The topological polar surface area (TPSA) is 48.8 Å². The summed E-state index contributed by atoms with van der Waals surface area (Å²) in [5.74, 6) is 0.0915. The maximum Gasteiger partial charge on any atom is 0.253 e. The SMILES string of the molecule is CN1CCC(N2CCN(C(=O)c3ccc4c(ccc(=O)n4C)c3)CC2)CC1. The first-order valence-electron chi connectivity index (χ1n) is 9.84. The Balaban J connectivity index is 1.43. The normalized spacial score (nSPS) is 20.3. The lowest BCUT2D eigenvalue weighted by Gasteiger charge is -2.42. The first kappa shape index (κ1) is 18.2. The molecular formula is C21H28N4O2. The standard InChI is InChI=1S/C21H28N4O2/c1-22-9-7-18(8-10-22)24-11-13-25(14-12-24)21(27)17-3-5-19-16(15-17)4-6-20(26)23(19)2/h3-6,15,18H,7-14H2,1-2H3. The van der Waals surface area contributed by atoms with Crippen molar-refractivity contribution in [2.24, 2.45) is 7.05 Å². The van der Waals surface area contributed by atoms with Gasteiger partial charge in [-0.05, 0) is 62.6 Å². The van der Waals surface area contributed by atoms with E-state index in [9.17, 15) is 9.59 Å². The number of likely N-dealkylation sites (tertiary alicyclic amines) is 1. The molecule has 4 rings (SSSR count). The molecule has 0 saturated carbocycles. The van der Waals surface area contributed by atoms with Crippen LogP contribution in [-0.2, 0) is 7.05 Å². The van der Waals surface area contributed by atoms with Crippen LogP contribution in [0, 0.1) is 0 Å². The van der Waals surface area contributed by atoms with Gasteiger partial charge in [0.25, 0.3) is 11.5 Å². The van der Waals surface area contributed by atoms with Gasteiger partial charge >= 0.3 is 0 Å². The van der Waals surface area contributed by atoms with E-state index in [0.717, 1.165) is 37.1 Å². The lowest BCUT2D eigenvalue weighted by molar-refractivity contribution is 0.0475. The van der Waals surface area contributed by atoms with Gasteiger partial charge in [-0.25, -0.2) is 0 Å². The number of pyridine rings is 1. The second-order valence-electron chi connectivity index (χ2n) is 7.87. The van der Waals surface area contributed by atoms with E-state index < -0.39 is 0 Å². The number of hydrogen-bond donors (Lipinski definition) is 0. The van der Waals surface area contributed by atoms with E-state index in [-0.39, 0.29) is 11.5 Å².